The fourth-order valence-electron chi connectivity index (χ4n) is 1.56. The molecule has 1 aromatic carbocycles. The molecule has 0 aliphatic rings. The fourth-order valence-corrected chi connectivity index (χ4v) is 1.56. The molecule has 4 N–H and O–H groups in total. The number of carbonyl (C=O) groups is 1. The Balaban J connectivity index is 2.24. The molecule has 92 valence electrons. The van der Waals surface area contributed by atoms with E-state index in [0.29, 0.717) is 11.4 Å². The third-order valence-corrected chi connectivity index (χ3v) is 2.44. The molecule has 0 fully saturated rings. The normalized spacial score (nSPS) is 10.1. The number of amides is 1. The van der Waals surface area contributed by atoms with Crippen LogP contribution in [0.5, 0.6) is 5.75 Å². The molecule has 2 aromatic rings. The lowest BCUT2D eigenvalue weighted by molar-refractivity contribution is 0.102. The summed E-state index contributed by atoms with van der Waals surface area (Å²) in [5.74, 6) is -0.366. The molecule has 1 heterocycles. The number of nitrogens with one attached hydrogen (secondary N) is 1. The molecule has 2 rings (SSSR count). The Labute approximate surface area is 104 Å². The number of nitrogens with two attached hydrogens (primary N) is 1. The average Bonchev–Trinajstić information content (AvgIpc) is 2.32. The van der Waals surface area contributed by atoms with Gasteiger partial charge in [0.25, 0.3) is 5.91 Å². The summed E-state index contributed by atoms with van der Waals surface area (Å²) in [7, 11) is 0. The highest BCUT2D eigenvalue weighted by Gasteiger charge is 2.10. The van der Waals surface area contributed by atoms with Gasteiger partial charge in [-0.3, -0.25) is 9.78 Å². The smallest absolute Gasteiger partial charge is 0.257 e. The topological polar surface area (TPSA) is 88.2 Å². The van der Waals surface area contributed by atoms with Crippen molar-refractivity contribution in [3.63, 3.8) is 0 Å². The molecule has 5 heteroatoms. The van der Waals surface area contributed by atoms with Gasteiger partial charge in [-0.05, 0) is 37.3 Å². The molecule has 0 unspecified atom stereocenters. The molecule has 1 aromatic heterocycles. The van der Waals surface area contributed by atoms with Crippen molar-refractivity contribution in [1.29, 1.82) is 0 Å². The molecule has 18 heavy (non-hydrogen) atoms. The predicted octanol–water partition coefficient (Wildman–Crippen LogP) is 1.93. The number of aromatic nitrogens is 1. The third-order valence-electron chi connectivity index (χ3n) is 2.44. The second-order valence-corrected chi connectivity index (χ2v) is 3.91. The maximum Gasteiger partial charge on any atom is 0.257 e. The van der Waals surface area contributed by atoms with Crippen LogP contribution >= 0.6 is 0 Å². The number of nitrogen functional groups attached to an aromatic ring is 1. The van der Waals surface area contributed by atoms with Crippen molar-refractivity contribution in [3.05, 3.63) is 47.8 Å². The van der Waals surface area contributed by atoms with E-state index in [0.717, 1.165) is 5.69 Å². The zero-order valence-electron chi connectivity index (χ0n) is 9.84. The summed E-state index contributed by atoms with van der Waals surface area (Å²) in [5, 5.41) is 12.0. The van der Waals surface area contributed by atoms with E-state index < -0.39 is 0 Å². The number of carbonyl (C=O) groups excluding carboxylic acids is 1. The predicted molar refractivity (Wildman–Crippen MR) is 69.4 cm³/mol. The van der Waals surface area contributed by atoms with Gasteiger partial charge in [0.1, 0.15) is 5.75 Å². The third kappa shape index (κ3) is 2.57. The number of pyridine rings is 1. The van der Waals surface area contributed by atoms with Crippen molar-refractivity contribution >= 4 is 17.3 Å². The molecule has 0 bridgehead atoms. The van der Waals surface area contributed by atoms with Crippen LogP contribution in [0.3, 0.4) is 0 Å². The maximum atomic E-state index is 12.0. The zero-order chi connectivity index (χ0) is 13.1. The maximum absolute atomic E-state index is 12.0. The van der Waals surface area contributed by atoms with E-state index >= 15 is 0 Å². The average molecular weight is 243 g/mol. The number of aromatic hydroxyl groups is 1. The minimum absolute atomic E-state index is 0.000240. The number of benzene rings is 1. The first-order valence-electron chi connectivity index (χ1n) is 5.39. The van der Waals surface area contributed by atoms with Gasteiger partial charge in [0.2, 0.25) is 0 Å². The van der Waals surface area contributed by atoms with E-state index in [-0.39, 0.29) is 17.2 Å². The minimum Gasteiger partial charge on any atom is -0.508 e. The fraction of sp³-hybridized carbons (Fsp3) is 0.0769. The molecular weight excluding hydrogens is 230 g/mol. The highest BCUT2D eigenvalue weighted by atomic mass is 16.3. The molecule has 0 atom stereocenters. The van der Waals surface area contributed by atoms with Crippen LogP contribution in [-0.2, 0) is 0 Å². The Bertz CT molecular complexity index is 597. The lowest BCUT2D eigenvalue weighted by atomic mass is 10.1. The van der Waals surface area contributed by atoms with Crippen LogP contribution in [0, 0.1) is 6.92 Å². The van der Waals surface area contributed by atoms with E-state index in [9.17, 15) is 9.90 Å². The Morgan fingerprint density at radius 2 is 2.11 bits per heavy atom. The van der Waals surface area contributed by atoms with Crippen molar-refractivity contribution < 1.29 is 9.90 Å². The van der Waals surface area contributed by atoms with Gasteiger partial charge < -0.3 is 16.2 Å². The molecule has 0 radical (unpaired) electrons. The number of phenolic OH excluding ortho intramolecular Hbond substituents is 1. The number of hydrogen-bond acceptors (Lipinski definition) is 4. The van der Waals surface area contributed by atoms with E-state index in [2.05, 4.69) is 10.3 Å². The second kappa shape index (κ2) is 4.75. The Morgan fingerprint density at radius 1 is 1.33 bits per heavy atom. The zero-order valence-corrected chi connectivity index (χ0v) is 9.84. The quantitative estimate of drug-likeness (QED) is 0.555. The first-order valence-corrected chi connectivity index (χ1v) is 5.39. The van der Waals surface area contributed by atoms with E-state index in [4.69, 9.17) is 5.73 Å². The first-order chi connectivity index (χ1) is 8.56. The molecule has 0 aliphatic heterocycles. The van der Waals surface area contributed by atoms with E-state index in [1.165, 1.54) is 18.2 Å². The SMILES string of the molecule is Cc1cc(NC(=O)c2cc(O)ccc2N)ccn1. The largest absolute Gasteiger partial charge is 0.508 e. The highest BCUT2D eigenvalue weighted by Crippen LogP contribution is 2.20. The summed E-state index contributed by atoms with van der Waals surface area (Å²) in [4.78, 5) is 16.0. The molecule has 0 spiro atoms. The molecule has 1 amide bonds. The number of phenols is 1. The minimum atomic E-state index is -0.367. The van der Waals surface area contributed by atoms with Crippen LogP contribution in [0.4, 0.5) is 11.4 Å². The Morgan fingerprint density at radius 3 is 2.83 bits per heavy atom. The summed E-state index contributed by atoms with van der Waals surface area (Å²) in [6, 6.07) is 7.68. The van der Waals surface area contributed by atoms with Crippen LogP contribution in [0.25, 0.3) is 0 Å². The molecular formula is C13H13N3O2. The van der Waals surface area contributed by atoms with Crippen LogP contribution in [0.2, 0.25) is 0 Å². The first kappa shape index (κ1) is 11.9. The lowest BCUT2D eigenvalue weighted by Gasteiger charge is -2.08. The molecule has 0 aliphatic carbocycles. The van der Waals surface area contributed by atoms with Gasteiger partial charge in [0.15, 0.2) is 0 Å². The van der Waals surface area contributed by atoms with Crippen molar-refractivity contribution in [2.75, 3.05) is 11.1 Å². The molecule has 0 saturated carbocycles. The van der Waals surface area contributed by atoms with Crippen molar-refractivity contribution in [1.82, 2.24) is 4.98 Å². The van der Waals surface area contributed by atoms with Gasteiger partial charge in [-0.1, -0.05) is 0 Å². The van der Waals surface area contributed by atoms with Crippen LogP contribution < -0.4 is 11.1 Å². The standard InChI is InChI=1S/C13H13N3O2/c1-8-6-9(4-5-15-8)16-13(18)11-7-10(17)2-3-12(11)14/h2-7,17H,14H2,1H3,(H,15,16,18). The second-order valence-electron chi connectivity index (χ2n) is 3.91. The summed E-state index contributed by atoms with van der Waals surface area (Å²) in [6.07, 6.45) is 1.61. The van der Waals surface area contributed by atoms with Gasteiger partial charge in [-0.25, -0.2) is 0 Å². The number of anilines is 2. The van der Waals surface area contributed by atoms with E-state index in [1.54, 1.807) is 18.3 Å². The number of hydrogen-bond donors (Lipinski definition) is 3. The number of aryl methyl sites for hydroxylation is 1. The van der Waals surface area contributed by atoms with Crippen molar-refractivity contribution in [3.8, 4) is 5.75 Å². The summed E-state index contributed by atoms with van der Waals surface area (Å²) in [5.41, 5.74) is 7.68. The van der Waals surface area contributed by atoms with Crippen molar-refractivity contribution in [2.24, 2.45) is 0 Å². The lowest BCUT2D eigenvalue weighted by Crippen LogP contribution is -2.14. The molecule has 0 saturated heterocycles. The van der Waals surface area contributed by atoms with Crippen LogP contribution in [0.15, 0.2) is 36.5 Å². The summed E-state index contributed by atoms with van der Waals surface area (Å²) < 4.78 is 0. The van der Waals surface area contributed by atoms with Gasteiger partial charge in [-0.15, -0.1) is 0 Å². The van der Waals surface area contributed by atoms with Crippen LogP contribution in [0.1, 0.15) is 16.1 Å². The van der Waals surface area contributed by atoms with Gasteiger partial charge >= 0.3 is 0 Å². The van der Waals surface area contributed by atoms with Gasteiger partial charge in [-0.2, -0.15) is 0 Å². The van der Waals surface area contributed by atoms with E-state index in [1.807, 2.05) is 6.92 Å². The highest BCUT2D eigenvalue weighted by molar-refractivity contribution is 6.07. The van der Waals surface area contributed by atoms with Crippen LogP contribution in [-0.4, -0.2) is 16.0 Å². The Kier molecular flexibility index (Phi) is 3.14. The number of nitrogens with zero attached hydrogens (tertiary/aromatic N) is 1. The number of rotatable bonds is 2. The van der Waals surface area contributed by atoms with Gasteiger partial charge in [0, 0.05) is 23.3 Å². The summed E-state index contributed by atoms with van der Waals surface area (Å²) in [6.45, 7) is 1.83. The Hall–Kier alpha value is -2.56. The summed E-state index contributed by atoms with van der Waals surface area (Å²) >= 11 is 0. The van der Waals surface area contributed by atoms with Crippen molar-refractivity contribution in [2.45, 2.75) is 6.92 Å². The molecule has 5 nitrogen and oxygen atoms in total. The van der Waals surface area contributed by atoms with Gasteiger partial charge in [0.05, 0.1) is 5.56 Å². The monoisotopic (exact) mass is 243 g/mol.